The first-order valence-electron chi connectivity index (χ1n) is 9.58. The monoisotopic (exact) mass is 405 g/mol. The minimum absolute atomic E-state index is 0.154. The van der Waals surface area contributed by atoms with Gasteiger partial charge in [0.05, 0.1) is 0 Å². The van der Waals surface area contributed by atoms with Crippen molar-refractivity contribution >= 4 is 35.4 Å². The van der Waals surface area contributed by atoms with E-state index in [9.17, 15) is 19.2 Å². The molecule has 1 saturated carbocycles. The zero-order valence-corrected chi connectivity index (χ0v) is 16.6. The maximum absolute atomic E-state index is 12.7. The highest BCUT2D eigenvalue weighted by Gasteiger charge is 2.49. The predicted octanol–water partition coefficient (Wildman–Crippen LogP) is 2.37. The van der Waals surface area contributed by atoms with Gasteiger partial charge < -0.3 is 5.32 Å². The molecule has 0 aromatic heterocycles. The number of nitrogens with zero attached hydrogens (tertiary/aromatic N) is 2. The third-order valence-corrected chi connectivity index (χ3v) is 5.64. The summed E-state index contributed by atoms with van der Waals surface area (Å²) in [5.41, 5.74) is 0.966. The average molecular weight is 406 g/mol. The number of rotatable bonds is 6. The lowest BCUT2D eigenvalue weighted by molar-refractivity contribution is -0.145. The van der Waals surface area contributed by atoms with Gasteiger partial charge in [-0.2, -0.15) is 0 Å². The lowest BCUT2D eigenvalue weighted by Gasteiger charge is -2.34. The van der Waals surface area contributed by atoms with Gasteiger partial charge in [0.2, 0.25) is 5.91 Å². The van der Waals surface area contributed by atoms with Crippen LogP contribution in [0.15, 0.2) is 24.3 Å². The molecule has 7 nitrogen and oxygen atoms in total. The molecule has 1 aliphatic heterocycles. The van der Waals surface area contributed by atoms with Crippen LogP contribution < -0.4 is 5.32 Å². The summed E-state index contributed by atoms with van der Waals surface area (Å²) < 4.78 is 0. The van der Waals surface area contributed by atoms with E-state index in [1.807, 2.05) is 25.1 Å². The van der Waals surface area contributed by atoms with Crippen LogP contribution in [0, 0.1) is 5.92 Å². The summed E-state index contributed by atoms with van der Waals surface area (Å²) in [7, 11) is 0. The standard InChI is InChI=1S/C20H24ClN3O4/c1-13-5-2-3-8-16(13)24-19(27)18(26)23(20(24)28)12-17(25)22-10-9-14-6-4-7-15(21)11-14/h4,6-7,11,13,16H,2-3,5,8-10,12H2,1H3,(H,22,25)/t13-,16-/m1/s1. The molecule has 1 aliphatic carbocycles. The highest BCUT2D eigenvalue weighted by atomic mass is 35.5. The van der Waals surface area contributed by atoms with E-state index in [1.165, 1.54) is 0 Å². The van der Waals surface area contributed by atoms with Gasteiger partial charge in [0, 0.05) is 17.6 Å². The normalized spacial score (nSPS) is 22.7. The SMILES string of the molecule is C[C@@H]1CCCC[C@H]1N1C(=O)C(=O)N(CC(=O)NCCc2cccc(Cl)c2)C1=O. The largest absolute Gasteiger partial charge is 0.354 e. The van der Waals surface area contributed by atoms with Crippen molar-refractivity contribution < 1.29 is 19.2 Å². The topological polar surface area (TPSA) is 86.8 Å². The lowest BCUT2D eigenvalue weighted by Crippen LogP contribution is -2.47. The van der Waals surface area contributed by atoms with Crippen molar-refractivity contribution in [3.8, 4) is 0 Å². The number of hydrogen-bond acceptors (Lipinski definition) is 4. The number of imide groups is 2. The van der Waals surface area contributed by atoms with E-state index in [4.69, 9.17) is 11.6 Å². The van der Waals surface area contributed by atoms with E-state index >= 15 is 0 Å². The van der Waals surface area contributed by atoms with E-state index in [-0.39, 0.29) is 12.0 Å². The Bertz CT molecular complexity index is 797. The number of urea groups is 1. The van der Waals surface area contributed by atoms with E-state index in [0.717, 1.165) is 34.6 Å². The fraction of sp³-hybridized carbons (Fsp3) is 0.500. The Labute approximate surface area is 169 Å². The second-order valence-corrected chi connectivity index (χ2v) is 7.84. The first-order chi connectivity index (χ1) is 13.4. The number of carbonyl (C=O) groups excluding carboxylic acids is 4. The van der Waals surface area contributed by atoms with Gasteiger partial charge in [-0.1, -0.05) is 43.5 Å². The van der Waals surface area contributed by atoms with Gasteiger partial charge in [0.1, 0.15) is 6.54 Å². The molecule has 2 atom stereocenters. The molecule has 1 heterocycles. The minimum Gasteiger partial charge on any atom is -0.354 e. The summed E-state index contributed by atoms with van der Waals surface area (Å²) in [6, 6.07) is 6.35. The van der Waals surface area contributed by atoms with E-state index in [2.05, 4.69) is 5.32 Å². The quantitative estimate of drug-likeness (QED) is 0.581. The molecule has 2 fully saturated rings. The third kappa shape index (κ3) is 4.35. The van der Waals surface area contributed by atoms with Crippen LogP contribution in [0.1, 0.15) is 38.2 Å². The van der Waals surface area contributed by atoms with Gasteiger partial charge in [0.25, 0.3) is 0 Å². The Hall–Kier alpha value is -2.41. The Morgan fingerprint density at radius 2 is 1.93 bits per heavy atom. The number of nitrogens with one attached hydrogen (secondary N) is 1. The molecule has 3 rings (SSSR count). The molecule has 0 spiro atoms. The van der Waals surface area contributed by atoms with Crippen LogP contribution in [-0.4, -0.2) is 52.7 Å². The zero-order chi connectivity index (χ0) is 20.3. The molecular weight excluding hydrogens is 382 g/mol. The van der Waals surface area contributed by atoms with Crippen LogP contribution >= 0.6 is 11.6 Å². The molecular formula is C20H24ClN3O4. The molecule has 0 unspecified atom stereocenters. The van der Waals surface area contributed by atoms with E-state index in [0.29, 0.717) is 24.4 Å². The lowest BCUT2D eigenvalue weighted by atomic mass is 9.85. The van der Waals surface area contributed by atoms with Crippen molar-refractivity contribution in [3.63, 3.8) is 0 Å². The molecule has 1 aromatic rings. The highest BCUT2D eigenvalue weighted by Crippen LogP contribution is 2.31. The maximum Gasteiger partial charge on any atom is 0.334 e. The summed E-state index contributed by atoms with van der Waals surface area (Å²) in [6.07, 6.45) is 4.16. The predicted molar refractivity (Wildman–Crippen MR) is 104 cm³/mol. The minimum atomic E-state index is -0.923. The molecule has 2 aliphatic rings. The zero-order valence-electron chi connectivity index (χ0n) is 15.8. The van der Waals surface area contributed by atoms with Crippen LogP contribution in [-0.2, 0) is 20.8 Å². The van der Waals surface area contributed by atoms with Crippen LogP contribution in [0.25, 0.3) is 0 Å². The molecule has 0 bridgehead atoms. The summed E-state index contributed by atoms with van der Waals surface area (Å²) >= 11 is 5.93. The smallest absolute Gasteiger partial charge is 0.334 e. The van der Waals surface area contributed by atoms with Crippen molar-refractivity contribution in [1.29, 1.82) is 0 Å². The van der Waals surface area contributed by atoms with Crippen molar-refractivity contribution in [1.82, 2.24) is 15.1 Å². The van der Waals surface area contributed by atoms with Crippen molar-refractivity contribution in [3.05, 3.63) is 34.9 Å². The number of benzene rings is 1. The summed E-state index contributed by atoms with van der Waals surface area (Å²) in [4.78, 5) is 51.3. The van der Waals surface area contributed by atoms with Crippen molar-refractivity contribution in [2.24, 2.45) is 5.92 Å². The number of amides is 5. The number of hydrogen-bond donors (Lipinski definition) is 1. The van der Waals surface area contributed by atoms with Crippen LogP contribution in [0.4, 0.5) is 4.79 Å². The fourth-order valence-corrected chi connectivity index (χ4v) is 4.09. The Balaban J connectivity index is 1.55. The molecule has 28 heavy (non-hydrogen) atoms. The second-order valence-electron chi connectivity index (χ2n) is 7.41. The van der Waals surface area contributed by atoms with Crippen LogP contribution in [0.2, 0.25) is 5.02 Å². The Morgan fingerprint density at radius 3 is 2.64 bits per heavy atom. The van der Waals surface area contributed by atoms with Gasteiger partial charge >= 0.3 is 17.8 Å². The molecule has 1 saturated heterocycles. The van der Waals surface area contributed by atoms with Gasteiger partial charge in [-0.3, -0.25) is 19.3 Å². The van der Waals surface area contributed by atoms with Crippen molar-refractivity contribution in [2.75, 3.05) is 13.1 Å². The third-order valence-electron chi connectivity index (χ3n) is 5.41. The molecule has 5 amide bonds. The fourth-order valence-electron chi connectivity index (χ4n) is 3.87. The second kappa shape index (κ2) is 8.73. The average Bonchev–Trinajstić information content (AvgIpc) is 2.86. The summed E-state index contributed by atoms with van der Waals surface area (Å²) in [5, 5.41) is 3.30. The van der Waals surface area contributed by atoms with Gasteiger partial charge in [-0.05, 0) is 42.9 Å². The van der Waals surface area contributed by atoms with Crippen molar-refractivity contribution in [2.45, 2.75) is 45.1 Å². The molecule has 1 aromatic carbocycles. The van der Waals surface area contributed by atoms with Crippen LogP contribution in [0.5, 0.6) is 0 Å². The Morgan fingerprint density at radius 1 is 1.18 bits per heavy atom. The molecule has 8 heteroatoms. The first kappa shape index (κ1) is 20.3. The summed E-state index contributed by atoms with van der Waals surface area (Å²) in [5.74, 6) is -2.07. The summed E-state index contributed by atoms with van der Waals surface area (Å²) in [6.45, 7) is 1.88. The van der Waals surface area contributed by atoms with E-state index < -0.39 is 30.3 Å². The molecule has 150 valence electrons. The van der Waals surface area contributed by atoms with Gasteiger partial charge in [-0.25, -0.2) is 9.69 Å². The van der Waals surface area contributed by atoms with Gasteiger partial charge in [0.15, 0.2) is 0 Å². The number of halogens is 1. The molecule has 1 N–H and O–H groups in total. The Kier molecular flexibility index (Phi) is 6.34. The number of carbonyl (C=O) groups is 4. The van der Waals surface area contributed by atoms with Gasteiger partial charge in [-0.15, -0.1) is 0 Å². The van der Waals surface area contributed by atoms with Crippen LogP contribution in [0.3, 0.4) is 0 Å². The van der Waals surface area contributed by atoms with E-state index in [1.54, 1.807) is 6.07 Å². The maximum atomic E-state index is 12.7. The molecule has 0 radical (unpaired) electrons. The first-order valence-corrected chi connectivity index (χ1v) is 9.96. The highest BCUT2D eigenvalue weighted by molar-refractivity contribution is 6.45.